The molecule has 6 heteroatoms. The number of aromatic nitrogens is 2. The van der Waals surface area contributed by atoms with Crippen LogP contribution in [0.3, 0.4) is 0 Å². The summed E-state index contributed by atoms with van der Waals surface area (Å²) < 4.78 is 10.5. The van der Waals surface area contributed by atoms with Crippen molar-refractivity contribution in [2.24, 2.45) is 5.73 Å². The van der Waals surface area contributed by atoms with Crippen LogP contribution in [0.1, 0.15) is 12.8 Å². The lowest BCUT2D eigenvalue weighted by Gasteiger charge is -2.38. The molecule has 6 nitrogen and oxygen atoms in total. The van der Waals surface area contributed by atoms with Gasteiger partial charge in [0.05, 0.1) is 13.2 Å². The molecule has 1 aromatic heterocycles. The number of hydrogen-bond donors (Lipinski definition) is 1. The minimum absolute atomic E-state index is 0.218. The topological polar surface area (TPSA) is 73.5 Å². The molecule has 0 aromatic carbocycles. The molecule has 2 unspecified atom stereocenters. The molecule has 1 saturated heterocycles. The molecule has 0 spiro atoms. The highest BCUT2D eigenvalue weighted by Crippen LogP contribution is 2.23. The molecule has 2 N–H and O–H groups in total. The van der Waals surface area contributed by atoms with Gasteiger partial charge in [0.15, 0.2) is 0 Å². The van der Waals surface area contributed by atoms with Gasteiger partial charge in [0, 0.05) is 38.5 Å². The van der Waals surface area contributed by atoms with Crippen LogP contribution >= 0.6 is 0 Å². The molecule has 2 rings (SSSR count). The van der Waals surface area contributed by atoms with Crippen LogP contribution in [0.15, 0.2) is 12.3 Å². The summed E-state index contributed by atoms with van der Waals surface area (Å²) in [4.78, 5) is 10.8. The van der Waals surface area contributed by atoms with E-state index in [0.717, 1.165) is 19.4 Å². The first-order valence-electron chi connectivity index (χ1n) is 6.15. The van der Waals surface area contributed by atoms with Crippen molar-refractivity contribution < 1.29 is 9.47 Å². The number of nitrogens with zero attached hydrogens (tertiary/aromatic N) is 3. The summed E-state index contributed by atoms with van der Waals surface area (Å²) in [6.45, 7) is 1.42. The Balaban J connectivity index is 2.15. The van der Waals surface area contributed by atoms with E-state index in [0.29, 0.717) is 18.4 Å². The van der Waals surface area contributed by atoms with Crippen LogP contribution < -0.4 is 15.4 Å². The van der Waals surface area contributed by atoms with Crippen LogP contribution in [0.4, 0.5) is 5.95 Å². The first-order chi connectivity index (χ1) is 8.78. The largest absolute Gasteiger partial charge is 0.481 e. The monoisotopic (exact) mass is 252 g/mol. The molecular formula is C12H20N4O2. The molecule has 0 saturated carbocycles. The van der Waals surface area contributed by atoms with Crippen molar-refractivity contribution >= 4 is 5.95 Å². The lowest BCUT2D eigenvalue weighted by molar-refractivity contribution is 0.0706. The van der Waals surface area contributed by atoms with Crippen LogP contribution in [0.5, 0.6) is 5.88 Å². The zero-order chi connectivity index (χ0) is 13.0. The quantitative estimate of drug-likeness (QED) is 0.837. The Hall–Kier alpha value is -1.40. The van der Waals surface area contributed by atoms with Crippen molar-refractivity contribution in [1.82, 2.24) is 9.97 Å². The summed E-state index contributed by atoms with van der Waals surface area (Å²) >= 11 is 0. The average molecular weight is 252 g/mol. The number of nitrogens with two attached hydrogens (primary N) is 1. The molecule has 0 bridgehead atoms. The van der Waals surface area contributed by atoms with E-state index in [4.69, 9.17) is 15.2 Å². The van der Waals surface area contributed by atoms with Gasteiger partial charge >= 0.3 is 0 Å². The van der Waals surface area contributed by atoms with Crippen LogP contribution in [-0.4, -0.2) is 49.4 Å². The van der Waals surface area contributed by atoms with Crippen molar-refractivity contribution in [1.29, 1.82) is 0 Å². The number of rotatable bonds is 4. The van der Waals surface area contributed by atoms with Gasteiger partial charge in [0.25, 0.3) is 0 Å². The van der Waals surface area contributed by atoms with E-state index in [1.165, 1.54) is 0 Å². The van der Waals surface area contributed by atoms with Crippen LogP contribution in [0.25, 0.3) is 0 Å². The van der Waals surface area contributed by atoms with Gasteiger partial charge in [-0.05, 0) is 12.8 Å². The number of anilines is 1. The maximum atomic E-state index is 5.83. The predicted molar refractivity (Wildman–Crippen MR) is 68.8 cm³/mol. The Bertz CT molecular complexity index is 388. The van der Waals surface area contributed by atoms with E-state index in [1.807, 2.05) is 0 Å². The Labute approximate surface area is 107 Å². The molecule has 18 heavy (non-hydrogen) atoms. The SMILES string of the molecule is COc1ccnc(N2CCC(OC)CC2CN)n1. The highest BCUT2D eigenvalue weighted by Gasteiger charge is 2.29. The van der Waals surface area contributed by atoms with Gasteiger partial charge in [-0.3, -0.25) is 0 Å². The van der Waals surface area contributed by atoms with Crippen molar-refractivity contribution in [3.8, 4) is 5.88 Å². The zero-order valence-electron chi connectivity index (χ0n) is 10.9. The molecule has 2 heterocycles. The summed E-state index contributed by atoms with van der Waals surface area (Å²) in [7, 11) is 3.35. The second-order valence-corrected chi connectivity index (χ2v) is 4.36. The number of piperidine rings is 1. The third kappa shape index (κ3) is 2.70. The molecule has 100 valence electrons. The molecule has 0 amide bonds. The highest BCUT2D eigenvalue weighted by atomic mass is 16.5. The molecule has 1 aliphatic rings. The van der Waals surface area contributed by atoms with Crippen molar-refractivity contribution in [3.05, 3.63) is 12.3 Å². The standard InChI is InChI=1S/C12H20N4O2/c1-17-10-4-6-16(9(7-10)8-13)12-14-5-3-11(15-12)18-2/h3,5,9-10H,4,6-8,13H2,1-2H3. The number of hydrogen-bond acceptors (Lipinski definition) is 6. The van der Waals surface area contributed by atoms with Crippen LogP contribution in [0.2, 0.25) is 0 Å². The minimum atomic E-state index is 0.218. The fourth-order valence-corrected chi connectivity index (χ4v) is 2.30. The smallest absolute Gasteiger partial charge is 0.228 e. The summed E-state index contributed by atoms with van der Waals surface area (Å²) in [6.07, 6.45) is 3.86. The molecule has 1 fully saturated rings. The van der Waals surface area contributed by atoms with Gasteiger partial charge in [-0.1, -0.05) is 0 Å². The lowest BCUT2D eigenvalue weighted by Crippen LogP contribution is -2.49. The van der Waals surface area contributed by atoms with E-state index in [-0.39, 0.29) is 12.1 Å². The van der Waals surface area contributed by atoms with E-state index < -0.39 is 0 Å². The second kappa shape index (κ2) is 5.97. The Morgan fingerprint density at radius 3 is 3.00 bits per heavy atom. The summed E-state index contributed by atoms with van der Waals surface area (Å²) in [5.74, 6) is 1.25. The maximum Gasteiger partial charge on any atom is 0.228 e. The summed E-state index contributed by atoms with van der Waals surface area (Å²) in [6, 6.07) is 1.96. The van der Waals surface area contributed by atoms with E-state index in [1.54, 1.807) is 26.5 Å². The fourth-order valence-electron chi connectivity index (χ4n) is 2.30. The first kappa shape index (κ1) is 13.0. The predicted octanol–water partition coefficient (Wildman–Crippen LogP) is 0.428. The van der Waals surface area contributed by atoms with Gasteiger partial charge < -0.3 is 20.1 Å². The fraction of sp³-hybridized carbons (Fsp3) is 0.667. The molecular weight excluding hydrogens is 232 g/mol. The van der Waals surface area contributed by atoms with Gasteiger partial charge in [0.1, 0.15) is 0 Å². The number of ether oxygens (including phenoxy) is 2. The maximum absolute atomic E-state index is 5.83. The van der Waals surface area contributed by atoms with Crippen LogP contribution in [-0.2, 0) is 4.74 Å². The number of methoxy groups -OCH3 is 2. The summed E-state index contributed by atoms with van der Waals surface area (Å²) in [5, 5.41) is 0. The molecule has 2 atom stereocenters. The molecule has 1 aromatic rings. The normalized spacial score (nSPS) is 24.1. The van der Waals surface area contributed by atoms with Gasteiger partial charge in [-0.25, -0.2) is 4.98 Å². The zero-order valence-corrected chi connectivity index (χ0v) is 10.9. The first-order valence-corrected chi connectivity index (χ1v) is 6.15. The third-order valence-electron chi connectivity index (χ3n) is 3.36. The van der Waals surface area contributed by atoms with Gasteiger partial charge in [0.2, 0.25) is 11.8 Å². The van der Waals surface area contributed by atoms with E-state index in [9.17, 15) is 0 Å². The van der Waals surface area contributed by atoms with Gasteiger partial charge in [-0.2, -0.15) is 4.98 Å². The third-order valence-corrected chi connectivity index (χ3v) is 3.36. The lowest BCUT2D eigenvalue weighted by atomic mass is 10.00. The van der Waals surface area contributed by atoms with Crippen molar-refractivity contribution in [2.45, 2.75) is 25.0 Å². The van der Waals surface area contributed by atoms with Gasteiger partial charge in [-0.15, -0.1) is 0 Å². The summed E-state index contributed by atoms with van der Waals surface area (Å²) in [5.41, 5.74) is 5.83. The average Bonchev–Trinajstić information content (AvgIpc) is 2.46. The van der Waals surface area contributed by atoms with Crippen molar-refractivity contribution in [2.75, 3.05) is 32.2 Å². The second-order valence-electron chi connectivity index (χ2n) is 4.36. The Kier molecular flexibility index (Phi) is 4.33. The minimum Gasteiger partial charge on any atom is -0.481 e. The molecule has 0 aliphatic carbocycles. The highest BCUT2D eigenvalue weighted by molar-refractivity contribution is 5.34. The molecule has 1 aliphatic heterocycles. The van der Waals surface area contributed by atoms with Crippen LogP contribution in [0, 0.1) is 0 Å². The Morgan fingerprint density at radius 2 is 2.33 bits per heavy atom. The van der Waals surface area contributed by atoms with Crippen molar-refractivity contribution in [3.63, 3.8) is 0 Å². The molecule has 0 radical (unpaired) electrons. The Morgan fingerprint density at radius 1 is 1.50 bits per heavy atom. The van der Waals surface area contributed by atoms with E-state index in [2.05, 4.69) is 14.9 Å². The van der Waals surface area contributed by atoms with E-state index >= 15 is 0 Å².